The number of nitrogens with one attached hydrogen (secondary N) is 1. The van der Waals surface area contributed by atoms with Gasteiger partial charge < -0.3 is 10.1 Å². The van der Waals surface area contributed by atoms with E-state index in [0.717, 1.165) is 29.3 Å². The Morgan fingerprint density at radius 2 is 2.24 bits per heavy atom. The molecule has 0 spiro atoms. The molecule has 2 unspecified atom stereocenters. The van der Waals surface area contributed by atoms with Crippen molar-refractivity contribution in [2.24, 2.45) is 11.8 Å². The van der Waals surface area contributed by atoms with Gasteiger partial charge in [0, 0.05) is 11.0 Å². The van der Waals surface area contributed by atoms with Crippen LogP contribution in [0.15, 0.2) is 22.7 Å². The predicted molar refractivity (Wildman–Crippen MR) is 88.8 cm³/mol. The summed E-state index contributed by atoms with van der Waals surface area (Å²) in [6.07, 6.45) is 6.38. The molecule has 1 amide bonds. The Labute approximate surface area is 135 Å². The van der Waals surface area contributed by atoms with Gasteiger partial charge >= 0.3 is 0 Å². The third kappa shape index (κ3) is 4.73. The van der Waals surface area contributed by atoms with Crippen molar-refractivity contribution in [3.8, 4) is 5.75 Å². The number of hydrogen-bond acceptors (Lipinski definition) is 2. The van der Waals surface area contributed by atoms with E-state index in [2.05, 4.69) is 28.2 Å². The molecule has 2 rings (SSSR count). The fourth-order valence-corrected chi connectivity index (χ4v) is 3.50. The van der Waals surface area contributed by atoms with Gasteiger partial charge in [0.05, 0.1) is 12.7 Å². The van der Waals surface area contributed by atoms with Crippen molar-refractivity contribution >= 4 is 21.8 Å². The molecule has 1 aliphatic carbocycles. The lowest BCUT2D eigenvalue weighted by Crippen LogP contribution is -2.27. The largest absolute Gasteiger partial charge is 0.496 e. The smallest absolute Gasteiger partial charge is 0.255 e. The van der Waals surface area contributed by atoms with Crippen molar-refractivity contribution in [3.63, 3.8) is 0 Å². The molecule has 1 aliphatic rings. The first-order valence-corrected chi connectivity index (χ1v) is 8.51. The highest BCUT2D eigenvalue weighted by Gasteiger charge is 2.19. The molecule has 2 atom stereocenters. The zero-order chi connectivity index (χ0) is 15.2. The van der Waals surface area contributed by atoms with Gasteiger partial charge in [-0.2, -0.15) is 0 Å². The summed E-state index contributed by atoms with van der Waals surface area (Å²) in [5.74, 6) is 2.16. The van der Waals surface area contributed by atoms with E-state index in [1.165, 1.54) is 25.7 Å². The Kier molecular flexibility index (Phi) is 6.09. The molecule has 0 radical (unpaired) electrons. The van der Waals surface area contributed by atoms with Crippen LogP contribution in [-0.4, -0.2) is 19.6 Å². The van der Waals surface area contributed by atoms with Crippen LogP contribution in [0.25, 0.3) is 0 Å². The fraction of sp³-hybridized carbons (Fsp3) is 0.588. The van der Waals surface area contributed by atoms with E-state index < -0.39 is 0 Å². The average Bonchev–Trinajstić information content (AvgIpc) is 2.47. The van der Waals surface area contributed by atoms with Gasteiger partial charge in [0.1, 0.15) is 5.75 Å². The zero-order valence-corrected chi connectivity index (χ0v) is 14.4. The third-order valence-corrected chi connectivity index (χ3v) is 4.78. The number of rotatable bonds is 5. The Morgan fingerprint density at radius 3 is 2.95 bits per heavy atom. The van der Waals surface area contributed by atoms with E-state index in [1.54, 1.807) is 13.2 Å². The summed E-state index contributed by atoms with van der Waals surface area (Å²) in [5.41, 5.74) is 0.595. The summed E-state index contributed by atoms with van der Waals surface area (Å²) < 4.78 is 6.18. The molecular formula is C17H24BrNO2. The van der Waals surface area contributed by atoms with E-state index in [1.807, 2.05) is 12.1 Å². The van der Waals surface area contributed by atoms with Crippen LogP contribution in [0.4, 0.5) is 0 Å². The summed E-state index contributed by atoms with van der Waals surface area (Å²) in [7, 11) is 1.59. The first-order chi connectivity index (χ1) is 10.1. The second kappa shape index (κ2) is 7.83. The molecule has 0 heterocycles. The summed E-state index contributed by atoms with van der Waals surface area (Å²) in [6.45, 7) is 3.08. The summed E-state index contributed by atoms with van der Waals surface area (Å²) in [6, 6.07) is 5.47. The summed E-state index contributed by atoms with van der Waals surface area (Å²) in [4.78, 5) is 12.2. The zero-order valence-electron chi connectivity index (χ0n) is 12.8. The van der Waals surface area contributed by atoms with Crippen LogP contribution < -0.4 is 10.1 Å². The molecule has 1 saturated carbocycles. The van der Waals surface area contributed by atoms with Gasteiger partial charge in [-0.1, -0.05) is 42.1 Å². The number of benzene rings is 1. The first kappa shape index (κ1) is 16.3. The highest BCUT2D eigenvalue weighted by Crippen LogP contribution is 2.30. The predicted octanol–water partition coefficient (Wildman–Crippen LogP) is 4.40. The van der Waals surface area contributed by atoms with E-state index >= 15 is 0 Å². The molecule has 116 valence electrons. The molecule has 0 saturated heterocycles. The van der Waals surface area contributed by atoms with Crippen LogP contribution >= 0.6 is 15.9 Å². The van der Waals surface area contributed by atoms with Gasteiger partial charge in [-0.15, -0.1) is 0 Å². The van der Waals surface area contributed by atoms with Gasteiger partial charge in [0.15, 0.2) is 0 Å². The summed E-state index contributed by atoms with van der Waals surface area (Å²) >= 11 is 3.38. The van der Waals surface area contributed by atoms with E-state index in [9.17, 15) is 4.79 Å². The lowest BCUT2D eigenvalue weighted by molar-refractivity contribution is 0.0946. The lowest BCUT2D eigenvalue weighted by atomic mass is 9.81. The number of amides is 1. The van der Waals surface area contributed by atoms with Crippen LogP contribution in [-0.2, 0) is 0 Å². The van der Waals surface area contributed by atoms with Gasteiger partial charge in [-0.3, -0.25) is 4.79 Å². The highest BCUT2D eigenvalue weighted by atomic mass is 79.9. The number of ether oxygens (including phenoxy) is 1. The maximum absolute atomic E-state index is 12.2. The SMILES string of the molecule is COc1cc(Br)ccc1C(=O)NCCC1CCCC(C)C1. The second-order valence-electron chi connectivity index (χ2n) is 6.03. The van der Waals surface area contributed by atoms with Crippen LogP contribution in [0.2, 0.25) is 0 Å². The number of hydrogen-bond donors (Lipinski definition) is 1. The molecule has 0 bridgehead atoms. The average molecular weight is 354 g/mol. The third-order valence-electron chi connectivity index (χ3n) is 4.29. The second-order valence-corrected chi connectivity index (χ2v) is 6.94. The Bertz CT molecular complexity index is 490. The Balaban J connectivity index is 1.84. The maximum atomic E-state index is 12.2. The van der Waals surface area contributed by atoms with Crippen molar-refractivity contribution in [2.45, 2.75) is 39.0 Å². The van der Waals surface area contributed by atoms with Crippen LogP contribution in [0.1, 0.15) is 49.4 Å². The molecule has 1 aromatic rings. The molecule has 21 heavy (non-hydrogen) atoms. The van der Waals surface area contributed by atoms with E-state index in [0.29, 0.717) is 11.3 Å². The fourth-order valence-electron chi connectivity index (χ4n) is 3.16. The minimum absolute atomic E-state index is 0.0526. The van der Waals surface area contributed by atoms with Crippen molar-refractivity contribution in [2.75, 3.05) is 13.7 Å². The molecule has 1 fully saturated rings. The summed E-state index contributed by atoms with van der Waals surface area (Å²) in [5, 5.41) is 3.02. The van der Waals surface area contributed by atoms with Crippen molar-refractivity contribution in [1.29, 1.82) is 0 Å². The van der Waals surface area contributed by atoms with Crippen molar-refractivity contribution in [1.82, 2.24) is 5.32 Å². The molecular weight excluding hydrogens is 330 g/mol. The van der Waals surface area contributed by atoms with Gasteiger partial charge in [-0.05, 0) is 42.9 Å². The van der Waals surface area contributed by atoms with E-state index in [4.69, 9.17) is 4.74 Å². The molecule has 3 nitrogen and oxygen atoms in total. The molecule has 0 aromatic heterocycles. The van der Waals surface area contributed by atoms with E-state index in [-0.39, 0.29) is 5.91 Å². The highest BCUT2D eigenvalue weighted by molar-refractivity contribution is 9.10. The Morgan fingerprint density at radius 1 is 1.43 bits per heavy atom. The number of carbonyl (C=O) groups excluding carboxylic acids is 1. The van der Waals surface area contributed by atoms with Crippen LogP contribution in [0.3, 0.4) is 0 Å². The van der Waals surface area contributed by atoms with Crippen molar-refractivity contribution in [3.05, 3.63) is 28.2 Å². The molecule has 4 heteroatoms. The topological polar surface area (TPSA) is 38.3 Å². The lowest BCUT2D eigenvalue weighted by Gasteiger charge is -2.26. The number of methoxy groups -OCH3 is 1. The molecule has 1 aromatic carbocycles. The van der Waals surface area contributed by atoms with Gasteiger partial charge in [0.2, 0.25) is 0 Å². The number of carbonyl (C=O) groups is 1. The quantitative estimate of drug-likeness (QED) is 0.851. The van der Waals surface area contributed by atoms with Gasteiger partial charge in [-0.25, -0.2) is 0 Å². The monoisotopic (exact) mass is 353 g/mol. The van der Waals surface area contributed by atoms with Crippen LogP contribution in [0.5, 0.6) is 5.75 Å². The van der Waals surface area contributed by atoms with Crippen LogP contribution in [0, 0.1) is 11.8 Å². The molecule has 1 N–H and O–H groups in total. The molecule has 0 aliphatic heterocycles. The minimum atomic E-state index is -0.0526. The standard InChI is InChI=1S/C17H24BrNO2/c1-12-4-3-5-13(10-12)8-9-19-17(20)15-7-6-14(18)11-16(15)21-2/h6-7,11-13H,3-5,8-10H2,1-2H3,(H,19,20). The van der Waals surface area contributed by atoms with Gasteiger partial charge in [0.25, 0.3) is 5.91 Å². The maximum Gasteiger partial charge on any atom is 0.255 e. The number of halogens is 1. The van der Waals surface area contributed by atoms with Crippen molar-refractivity contribution < 1.29 is 9.53 Å². The normalized spacial score (nSPS) is 21.9. The Hall–Kier alpha value is -1.03. The first-order valence-electron chi connectivity index (χ1n) is 7.72. The minimum Gasteiger partial charge on any atom is -0.496 e.